The number of aryl methyl sites for hydroxylation is 1. The largest absolute Gasteiger partial charge is 0.381 e. The van der Waals surface area contributed by atoms with Crippen molar-refractivity contribution in [3.63, 3.8) is 0 Å². The van der Waals surface area contributed by atoms with Crippen LogP contribution in [-0.2, 0) is 4.74 Å². The van der Waals surface area contributed by atoms with Crippen molar-refractivity contribution in [2.75, 3.05) is 29.8 Å². The monoisotopic (exact) mass is 461 g/mol. The second kappa shape index (κ2) is 12.0. The summed E-state index contributed by atoms with van der Waals surface area (Å²) in [6, 6.07) is 2.69. The van der Waals surface area contributed by atoms with Gasteiger partial charge < -0.3 is 21.1 Å². The van der Waals surface area contributed by atoms with E-state index in [1.165, 1.54) is 25.4 Å². The first-order valence-corrected chi connectivity index (χ1v) is 10.9. The summed E-state index contributed by atoms with van der Waals surface area (Å²) in [5.74, 6) is -0.944. The molecule has 1 heterocycles. The van der Waals surface area contributed by atoms with Crippen LogP contribution in [0.4, 0.5) is 27.5 Å². The van der Waals surface area contributed by atoms with E-state index in [2.05, 4.69) is 25.9 Å². The van der Waals surface area contributed by atoms with Gasteiger partial charge in [0.25, 0.3) is 5.91 Å². The Kier molecular flexibility index (Phi) is 9.46. The van der Waals surface area contributed by atoms with Gasteiger partial charge in [0.2, 0.25) is 5.95 Å². The van der Waals surface area contributed by atoms with Gasteiger partial charge in [-0.2, -0.15) is 4.98 Å². The van der Waals surface area contributed by atoms with Crippen molar-refractivity contribution < 1.29 is 13.9 Å². The van der Waals surface area contributed by atoms with Crippen molar-refractivity contribution in [2.45, 2.75) is 58.6 Å². The molecule has 10 nitrogen and oxygen atoms in total. The van der Waals surface area contributed by atoms with Crippen LogP contribution in [-0.4, -0.2) is 42.2 Å². The highest BCUT2D eigenvalue weighted by Gasteiger charge is 2.23. The highest BCUT2D eigenvalue weighted by Crippen LogP contribution is 2.30. The second-order valence-corrected chi connectivity index (χ2v) is 7.52. The molecule has 0 aliphatic heterocycles. The number of nitrogens with two attached hydrogens (primary N) is 1. The van der Waals surface area contributed by atoms with Gasteiger partial charge in [0.1, 0.15) is 11.5 Å². The van der Waals surface area contributed by atoms with Crippen molar-refractivity contribution in [3.05, 3.63) is 40.2 Å². The highest BCUT2D eigenvalue weighted by atomic mass is 19.1. The van der Waals surface area contributed by atoms with E-state index in [9.17, 15) is 14.1 Å². The zero-order valence-corrected chi connectivity index (χ0v) is 19.7. The number of hydrogen-bond donors (Lipinski definition) is 3. The fourth-order valence-corrected chi connectivity index (χ4v) is 3.58. The number of carbonyl (C=O) groups is 1. The standard InChI is InChI=1S/C20H26FN7O3.C2H6/c1-11-8-14(18(22)29)15(21)9-16(11)25-20-23-10-17(28(2)27-30)19(26-20)24-12-4-6-13(31-3)7-5-12;1-2/h8-10,12-13H,4-7H2,1-3H3,(H2,22,29)(H2,23,24,25,26);1-2H3. The lowest BCUT2D eigenvalue weighted by atomic mass is 9.93. The number of methoxy groups -OCH3 is 1. The number of halogens is 1. The van der Waals surface area contributed by atoms with Crippen molar-refractivity contribution in [2.24, 2.45) is 11.0 Å². The molecule has 0 saturated heterocycles. The maximum absolute atomic E-state index is 14.2. The highest BCUT2D eigenvalue weighted by molar-refractivity contribution is 5.94. The smallest absolute Gasteiger partial charge is 0.251 e. The first-order valence-electron chi connectivity index (χ1n) is 10.9. The predicted octanol–water partition coefficient (Wildman–Crippen LogP) is 4.28. The predicted molar refractivity (Wildman–Crippen MR) is 127 cm³/mol. The Hall–Kier alpha value is -3.34. The van der Waals surface area contributed by atoms with Crippen LogP contribution in [0.3, 0.4) is 0 Å². The molecule has 0 bridgehead atoms. The first-order chi connectivity index (χ1) is 15.8. The van der Waals surface area contributed by atoms with Crippen LogP contribution in [0.25, 0.3) is 0 Å². The number of anilines is 4. The van der Waals surface area contributed by atoms with E-state index < -0.39 is 11.7 Å². The number of ether oxygens (including phenoxy) is 1. The summed E-state index contributed by atoms with van der Waals surface area (Å²) in [6.07, 6.45) is 5.34. The summed E-state index contributed by atoms with van der Waals surface area (Å²) >= 11 is 0. The third-order valence-electron chi connectivity index (χ3n) is 5.41. The summed E-state index contributed by atoms with van der Waals surface area (Å²) in [7, 11) is 3.22. The lowest BCUT2D eigenvalue weighted by Crippen LogP contribution is -2.30. The lowest BCUT2D eigenvalue weighted by molar-refractivity contribution is 0.0681. The number of primary amides is 1. The Labute approximate surface area is 193 Å². The van der Waals surface area contributed by atoms with Crippen LogP contribution in [0.15, 0.2) is 23.6 Å². The van der Waals surface area contributed by atoms with Gasteiger partial charge in [-0.3, -0.25) is 4.79 Å². The quantitative estimate of drug-likeness (QED) is 0.392. The molecule has 0 atom stereocenters. The number of nitroso groups, excluding NO2 is 1. The van der Waals surface area contributed by atoms with Crippen LogP contribution in [0.2, 0.25) is 0 Å². The van der Waals surface area contributed by atoms with Gasteiger partial charge in [0.15, 0.2) is 5.82 Å². The average Bonchev–Trinajstić information content (AvgIpc) is 2.82. The number of rotatable bonds is 8. The molecule has 1 aliphatic carbocycles. The summed E-state index contributed by atoms with van der Waals surface area (Å²) in [4.78, 5) is 31.1. The molecule has 0 spiro atoms. The van der Waals surface area contributed by atoms with E-state index in [0.717, 1.165) is 30.7 Å². The van der Waals surface area contributed by atoms with Crippen molar-refractivity contribution in [3.8, 4) is 0 Å². The van der Waals surface area contributed by atoms with E-state index in [0.29, 0.717) is 22.8 Å². The van der Waals surface area contributed by atoms with E-state index in [1.54, 1.807) is 14.0 Å². The van der Waals surface area contributed by atoms with Crippen LogP contribution >= 0.6 is 0 Å². The molecule has 0 unspecified atom stereocenters. The molecule has 3 rings (SSSR count). The maximum Gasteiger partial charge on any atom is 0.251 e. The molecule has 180 valence electrons. The minimum absolute atomic E-state index is 0.155. The van der Waals surface area contributed by atoms with Crippen molar-refractivity contribution >= 4 is 29.0 Å². The second-order valence-electron chi connectivity index (χ2n) is 7.52. The van der Waals surface area contributed by atoms with Crippen LogP contribution in [0, 0.1) is 17.6 Å². The van der Waals surface area contributed by atoms with Crippen molar-refractivity contribution in [1.29, 1.82) is 0 Å². The van der Waals surface area contributed by atoms with Crippen LogP contribution in [0.5, 0.6) is 0 Å². The summed E-state index contributed by atoms with van der Waals surface area (Å²) < 4.78 is 19.6. The topological polar surface area (TPSA) is 135 Å². The number of carbonyl (C=O) groups excluding carboxylic acids is 1. The summed E-state index contributed by atoms with van der Waals surface area (Å²) in [5.41, 5.74) is 6.41. The number of hydrogen-bond acceptors (Lipinski definition) is 8. The lowest BCUT2D eigenvalue weighted by Gasteiger charge is -2.29. The fraction of sp³-hybridized carbons (Fsp3) is 0.500. The molecule has 0 radical (unpaired) electrons. The van der Waals surface area contributed by atoms with Gasteiger partial charge in [-0.15, -0.1) is 4.91 Å². The van der Waals surface area contributed by atoms with Crippen LogP contribution < -0.4 is 21.4 Å². The zero-order chi connectivity index (χ0) is 24.5. The minimum atomic E-state index is -0.841. The molecule has 4 N–H and O–H groups in total. The molecule has 33 heavy (non-hydrogen) atoms. The minimum Gasteiger partial charge on any atom is -0.381 e. The van der Waals surface area contributed by atoms with Gasteiger partial charge in [-0.05, 0) is 50.3 Å². The molecule has 1 amide bonds. The molecule has 2 aromatic rings. The third-order valence-corrected chi connectivity index (χ3v) is 5.41. The zero-order valence-electron chi connectivity index (χ0n) is 19.7. The molecule has 1 fully saturated rings. The van der Waals surface area contributed by atoms with Crippen LogP contribution in [0.1, 0.15) is 55.5 Å². The number of benzene rings is 1. The summed E-state index contributed by atoms with van der Waals surface area (Å²) in [6.45, 7) is 5.71. The number of nitrogens with one attached hydrogen (secondary N) is 2. The Balaban J connectivity index is 0.00000187. The van der Waals surface area contributed by atoms with Gasteiger partial charge in [0, 0.05) is 25.9 Å². The Morgan fingerprint density at radius 3 is 2.52 bits per heavy atom. The first kappa shape index (κ1) is 25.9. The van der Waals surface area contributed by atoms with E-state index >= 15 is 0 Å². The molecule has 1 aromatic carbocycles. The molecule has 1 aliphatic rings. The Morgan fingerprint density at radius 2 is 1.94 bits per heavy atom. The number of nitrogens with zero attached hydrogens (tertiary/aromatic N) is 4. The van der Waals surface area contributed by atoms with E-state index in [1.807, 2.05) is 13.8 Å². The molecular weight excluding hydrogens is 429 g/mol. The molecular formula is C22H32FN7O3. The Bertz CT molecular complexity index is 965. The number of aromatic nitrogens is 2. The van der Waals surface area contributed by atoms with Gasteiger partial charge in [0.05, 0.1) is 23.2 Å². The fourth-order valence-electron chi connectivity index (χ4n) is 3.58. The van der Waals surface area contributed by atoms with Gasteiger partial charge >= 0.3 is 0 Å². The van der Waals surface area contributed by atoms with E-state index in [4.69, 9.17) is 10.5 Å². The third kappa shape index (κ3) is 6.58. The average molecular weight is 462 g/mol. The molecule has 11 heteroatoms. The van der Waals surface area contributed by atoms with Gasteiger partial charge in [-0.25, -0.2) is 14.4 Å². The van der Waals surface area contributed by atoms with Gasteiger partial charge in [-0.1, -0.05) is 13.8 Å². The van der Waals surface area contributed by atoms with Crippen molar-refractivity contribution in [1.82, 2.24) is 9.97 Å². The summed E-state index contributed by atoms with van der Waals surface area (Å²) in [5, 5.41) is 10.4. The Morgan fingerprint density at radius 1 is 1.27 bits per heavy atom. The maximum atomic E-state index is 14.2. The molecule has 1 aromatic heterocycles. The SMILES string of the molecule is CC.COC1CCC(Nc2nc(Nc3cc(F)c(C(N)=O)cc3C)ncc2N(C)N=O)CC1. The van der Waals surface area contributed by atoms with E-state index in [-0.39, 0.29) is 23.7 Å². The molecule has 1 saturated carbocycles. The normalized spacial score (nSPS) is 17.4. The number of amides is 1.